The molecule has 0 N–H and O–H groups in total. The molecule has 0 saturated carbocycles. The molecule has 18 heavy (non-hydrogen) atoms. The van der Waals surface area contributed by atoms with Crippen LogP contribution in [-0.4, -0.2) is 41.3 Å². The van der Waals surface area contributed by atoms with Crippen molar-refractivity contribution in [2.75, 3.05) is 27.5 Å². The molecule has 0 spiro atoms. The summed E-state index contributed by atoms with van der Waals surface area (Å²) in [5, 5.41) is -0.238. The molecular formula is C13H29O3PSi. The maximum atomic E-state index is 6.10. The molecule has 3 nitrogen and oxygen atoms in total. The molecule has 0 radical (unpaired) electrons. The predicted octanol–water partition coefficient (Wildman–Crippen LogP) is 3.12. The Morgan fingerprint density at radius 2 is 1.78 bits per heavy atom. The SMILES string of the molecule is COC1(CCCP)C(C)(C)CCC[Si]1(OC)OC. The average molecular weight is 292 g/mol. The van der Waals surface area contributed by atoms with E-state index >= 15 is 0 Å². The first-order valence-electron chi connectivity index (χ1n) is 6.81. The van der Waals surface area contributed by atoms with Gasteiger partial charge in [-0.25, -0.2) is 0 Å². The van der Waals surface area contributed by atoms with Crippen LogP contribution < -0.4 is 0 Å². The second-order valence-electron chi connectivity index (χ2n) is 5.82. The largest absolute Gasteiger partial charge is 0.396 e. The van der Waals surface area contributed by atoms with Crippen LogP contribution in [0.5, 0.6) is 0 Å². The number of hydrogen-bond acceptors (Lipinski definition) is 3. The van der Waals surface area contributed by atoms with Gasteiger partial charge in [-0.1, -0.05) is 20.3 Å². The molecule has 0 bridgehead atoms. The summed E-state index contributed by atoms with van der Waals surface area (Å²) in [7, 11) is 5.91. The van der Waals surface area contributed by atoms with Crippen LogP contribution in [0.4, 0.5) is 0 Å². The second kappa shape index (κ2) is 6.32. The first-order valence-corrected chi connectivity index (χ1v) is 9.65. The van der Waals surface area contributed by atoms with Gasteiger partial charge in [-0.05, 0) is 36.9 Å². The monoisotopic (exact) mass is 292 g/mol. The predicted molar refractivity (Wildman–Crippen MR) is 81.1 cm³/mol. The summed E-state index contributed by atoms with van der Waals surface area (Å²) in [6, 6.07) is 1.04. The van der Waals surface area contributed by atoms with Crippen molar-refractivity contribution >= 4 is 17.8 Å². The zero-order valence-corrected chi connectivity index (χ0v) is 14.7. The van der Waals surface area contributed by atoms with Gasteiger partial charge in [0, 0.05) is 21.3 Å². The fourth-order valence-corrected chi connectivity index (χ4v) is 8.22. The van der Waals surface area contributed by atoms with E-state index in [0.717, 1.165) is 25.0 Å². The molecule has 2 atom stereocenters. The first-order chi connectivity index (χ1) is 8.45. The highest BCUT2D eigenvalue weighted by Crippen LogP contribution is 2.53. The first kappa shape index (κ1) is 16.6. The Bertz CT molecular complexity index is 269. The normalized spacial score (nSPS) is 30.3. The minimum Gasteiger partial charge on any atom is -0.396 e. The van der Waals surface area contributed by atoms with E-state index in [9.17, 15) is 0 Å². The molecular weight excluding hydrogens is 263 g/mol. The Kier molecular flexibility index (Phi) is 5.82. The fourth-order valence-electron chi connectivity index (χ4n) is 3.71. The summed E-state index contributed by atoms with van der Waals surface area (Å²) in [5.41, 5.74) is 0.109. The van der Waals surface area contributed by atoms with Crippen LogP contribution in [0, 0.1) is 5.41 Å². The van der Waals surface area contributed by atoms with Crippen LogP contribution in [0.2, 0.25) is 6.04 Å². The van der Waals surface area contributed by atoms with E-state index in [1.165, 1.54) is 12.8 Å². The quantitative estimate of drug-likeness (QED) is 0.556. The molecule has 0 aromatic rings. The molecule has 1 aliphatic rings. The van der Waals surface area contributed by atoms with Crippen molar-refractivity contribution in [3.05, 3.63) is 0 Å². The molecule has 5 heteroatoms. The average Bonchev–Trinajstić information content (AvgIpc) is 2.36. The number of ether oxygens (including phenoxy) is 1. The molecule has 1 fully saturated rings. The molecule has 1 aliphatic heterocycles. The van der Waals surface area contributed by atoms with Gasteiger partial charge in [-0.2, -0.15) is 0 Å². The van der Waals surface area contributed by atoms with Crippen molar-refractivity contribution in [1.29, 1.82) is 0 Å². The molecule has 0 aromatic heterocycles. The van der Waals surface area contributed by atoms with Gasteiger partial charge < -0.3 is 13.6 Å². The Morgan fingerprint density at radius 3 is 2.22 bits per heavy atom. The number of rotatable bonds is 6. The van der Waals surface area contributed by atoms with Crippen LogP contribution in [0.1, 0.15) is 39.5 Å². The van der Waals surface area contributed by atoms with Gasteiger partial charge in [0.1, 0.15) is 5.22 Å². The van der Waals surface area contributed by atoms with Crippen molar-refractivity contribution in [3.8, 4) is 0 Å². The van der Waals surface area contributed by atoms with Gasteiger partial charge in [-0.15, -0.1) is 9.24 Å². The summed E-state index contributed by atoms with van der Waals surface area (Å²) >= 11 is 0. The highest BCUT2D eigenvalue weighted by Gasteiger charge is 2.66. The van der Waals surface area contributed by atoms with E-state index < -0.39 is 8.56 Å². The Balaban J connectivity index is 3.21. The molecule has 1 rings (SSSR count). The van der Waals surface area contributed by atoms with E-state index in [1.807, 2.05) is 7.11 Å². The summed E-state index contributed by atoms with van der Waals surface area (Å²) in [4.78, 5) is 0. The summed E-state index contributed by atoms with van der Waals surface area (Å²) < 4.78 is 18.0. The molecule has 1 heterocycles. The van der Waals surface area contributed by atoms with Crippen molar-refractivity contribution in [2.45, 2.75) is 50.8 Å². The van der Waals surface area contributed by atoms with E-state index in [4.69, 9.17) is 13.6 Å². The summed E-state index contributed by atoms with van der Waals surface area (Å²) in [6.07, 6.45) is 5.60. The lowest BCUT2D eigenvalue weighted by atomic mass is 9.78. The van der Waals surface area contributed by atoms with Crippen LogP contribution >= 0.6 is 9.24 Å². The fraction of sp³-hybridized carbons (Fsp3) is 1.00. The van der Waals surface area contributed by atoms with E-state index in [1.54, 1.807) is 14.2 Å². The molecule has 0 aliphatic carbocycles. The lowest BCUT2D eigenvalue weighted by molar-refractivity contribution is -0.0919. The number of hydrogen-bond donors (Lipinski definition) is 0. The lowest BCUT2D eigenvalue weighted by Gasteiger charge is -2.56. The number of methoxy groups -OCH3 is 1. The minimum absolute atomic E-state index is 0.109. The third-order valence-corrected chi connectivity index (χ3v) is 9.86. The van der Waals surface area contributed by atoms with Crippen LogP contribution in [0.25, 0.3) is 0 Å². The van der Waals surface area contributed by atoms with Crippen molar-refractivity contribution < 1.29 is 13.6 Å². The Morgan fingerprint density at radius 1 is 1.17 bits per heavy atom. The van der Waals surface area contributed by atoms with Gasteiger partial charge in [-0.3, -0.25) is 0 Å². The van der Waals surface area contributed by atoms with Crippen LogP contribution in [0.3, 0.4) is 0 Å². The Labute approximate surface area is 115 Å². The highest BCUT2D eigenvalue weighted by atomic mass is 31.0. The van der Waals surface area contributed by atoms with E-state index in [2.05, 4.69) is 23.1 Å². The minimum atomic E-state index is -2.31. The van der Waals surface area contributed by atoms with Crippen molar-refractivity contribution in [2.24, 2.45) is 5.41 Å². The maximum absolute atomic E-state index is 6.10. The van der Waals surface area contributed by atoms with Gasteiger partial charge in [0.2, 0.25) is 0 Å². The third-order valence-electron chi connectivity index (χ3n) is 4.76. The third kappa shape index (κ3) is 2.43. The van der Waals surface area contributed by atoms with Crippen molar-refractivity contribution in [3.63, 3.8) is 0 Å². The lowest BCUT2D eigenvalue weighted by Crippen LogP contribution is -2.71. The molecule has 0 aromatic carbocycles. The zero-order valence-electron chi connectivity index (χ0n) is 12.5. The molecule has 2 unspecified atom stereocenters. The van der Waals surface area contributed by atoms with Gasteiger partial charge >= 0.3 is 8.56 Å². The summed E-state index contributed by atoms with van der Waals surface area (Å²) in [5.74, 6) is 0. The molecule has 0 amide bonds. The van der Waals surface area contributed by atoms with Gasteiger partial charge in [0.25, 0.3) is 0 Å². The smallest absolute Gasteiger partial charge is 0.371 e. The Hall–Kier alpha value is 0.527. The van der Waals surface area contributed by atoms with Crippen LogP contribution in [-0.2, 0) is 13.6 Å². The van der Waals surface area contributed by atoms with E-state index in [0.29, 0.717) is 0 Å². The van der Waals surface area contributed by atoms with Gasteiger partial charge in [0.05, 0.1) is 0 Å². The second-order valence-corrected chi connectivity index (χ2v) is 10.0. The topological polar surface area (TPSA) is 27.7 Å². The molecule has 1 saturated heterocycles. The van der Waals surface area contributed by atoms with Crippen molar-refractivity contribution in [1.82, 2.24) is 0 Å². The van der Waals surface area contributed by atoms with E-state index in [-0.39, 0.29) is 10.6 Å². The standard InChI is InChI=1S/C13H29O3PSi/c1-12(2)8-7-11-18(15-4,16-5)13(12,14-3)9-6-10-17/h6-11,17H2,1-5H3. The maximum Gasteiger partial charge on any atom is 0.371 e. The van der Waals surface area contributed by atoms with Gasteiger partial charge in [0.15, 0.2) is 0 Å². The summed E-state index contributed by atoms with van der Waals surface area (Å²) in [6.45, 7) is 4.61. The molecule has 108 valence electrons. The zero-order chi connectivity index (χ0) is 13.9. The van der Waals surface area contributed by atoms with Crippen LogP contribution in [0.15, 0.2) is 0 Å². The highest BCUT2D eigenvalue weighted by molar-refractivity contribution is 7.16.